The van der Waals surface area contributed by atoms with Crippen molar-refractivity contribution in [1.82, 2.24) is 19.9 Å². The highest BCUT2D eigenvalue weighted by Gasteiger charge is 2.61. The second-order valence-corrected chi connectivity index (χ2v) is 10.9. The van der Waals surface area contributed by atoms with Gasteiger partial charge in [0.25, 0.3) is 0 Å². The second kappa shape index (κ2) is 7.42. The Kier molecular flexibility index (Phi) is 4.81. The average molecular weight is 462 g/mol. The highest BCUT2D eigenvalue weighted by molar-refractivity contribution is 5.79. The summed E-state index contributed by atoms with van der Waals surface area (Å²) in [7, 11) is 0. The van der Waals surface area contributed by atoms with E-state index in [1.54, 1.807) is 16.6 Å². The van der Waals surface area contributed by atoms with Crippen LogP contribution in [0, 0.1) is 35.0 Å². The zero-order valence-corrected chi connectivity index (χ0v) is 18.5. The van der Waals surface area contributed by atoms with Crippen LogP contribution in [0.2, 0.25) is 0 Å². The molecule has 178 valence electrons. The van der Waals surface area contributed by atoms with Crippen molar-refractivity contribution in [2.75, 3.05) is 6.54 Å². The third-order valence-electron chi connectivity index (χ3n) is 8.69. The molecule has 3 atom stereocenters. The molecule has 3 aliphatic carbocycles. The number of carbonyl (C=O) groups is 1. The van der Waals surface area contributed by atoms with Crippen LogP contribution in [0.25, 0.3) is 5.65 Å². The summed E-state index contributed by atoms with van der Waals surface area (Å²) in [6.45, 7) is -0.349. The van der Waals surface area contributed by atoms with E-state index in [4.69, 9.17) is 5.73 Å². The summed E-state index contributed by atoms with van der Waals surface area (Å²) in [5.41, 5.74) is 9.23. The zero-order chi connectivity index (χ0) is 23.0. The SMILES string of the molecule is N[C@H](c1cn2nc(C[C@@H]3C[C@@H](C(F)(F)F)CNC3=O)ccc2n1)C1CC(C2CC2)(C2CC2)C1. The fourth-order valence-corrected chi connectivity index (χ4v) is 6.52. The molecule has 6 rings (SSSR count). The zero-order valence-electron chi connectivity index (χ0n) is 18.5. The lowest BCUT2D eigenvalue weighted by Gasteiger charge is -2.51. The van der Waals surface area contributed by atoms with Gasteiger partial charge < -0.3 is 11.1 Å². The highest BCUT2D eigenvalue weighted by atomic mass is 19.4. The smallest absolute Gasteiger partial charge is 0.355 e. The monoisotopic (exact) mass is 461 g/mol. The van der Waals surface area contributed by atoms with Crippen LogP contribution in [0.5, 0.6) is 0 Å². The number of nitrogens with two attached hydrogens (primary N) is 1. The van der Waals surface area contributed by atoms with Crippen molar-refractivity contribution in [2.45, 2.75) is 63.6 Å². The molecule has 9 heteroatoms. The number of alkyl halides is 3. The molecule has 4 aliphatic rings. The van der Waals surface area contributed by atoms with Gasteiger partial charge in [0.15, 0.2) is 5.65 Å². The van der Waals surface area contributed by atoms with Crippen LogP contribution >= 0.6 is 0 Å². The molecule has 0 bridgehead atoms. The Morgan fingerprint density at radius 1 is 1.18 bits per heavy atom. The molecule has 2 aromatic rings. The molecule has 3 N–H and O–H groups in total. The Balaban J connectivity index is 1.14. The highest BCUT2D eigenvalue weighted by Crippen LogP contribution is 2.70. The first-order valence-corrected chi connectivity index (χ1v) is 12.2. The molecule has 33 heavy (non-hydrogen) atoms. The van der Waals surface area contributed by atoms with Crippen LogP contribution in [-0.2, 0) is 11.2 Å². The third kappa shape index (κ3) is 3.82. The van der Waals surface area contributed by atoms with E-state index in [0.717, 1.165) is 17.5 Å². The number of aromatic nitrogens is 3. The van der Waals surface area contributed by atoms with Gasteiger partial charge in [-0.15, -0.1) is 0 Å². The number of piperidine rings is 1. The van der Waals surface area contributed by atoms with E-state index in [-0.39, 0.29) is 31.3 Å². The summed E-state index contributed by atoms with van der Waals surface area (Å²) < 4.78 is 41.0. The van der Waals surface area contributed by atoms with Gasteiger partial charge in [0.1, 0.15) is 0 Å². The summed E-state index contributed by atoms with van der Waals surface area (Å²) in [6, 6.07) is 3.42. The molecular formula is C24H30F3N5O. The number of carbonyl (C=O) groups excluding carboxylic acids is 1. The number of halogens is 3. The Bertz CT molecular complexity index is 1050. The topological polar surface area (TPSA) is 85.3 Å². The maximum absolute atomic E-state index is 13.1. The molecule has 0 unspecified atom stereocenters. The van der Waals surface area contributed by atoms with E-state index in [9.17, 15) is 18.0 Å². The maximum Gasteiger partial charge on any atom is 0.393 e. The molecule has 0 aromatic carbocycles. The molecule has 6 nitrogen and oxygen atoms in total. The lowest BCUT2D eigenvalue weighted by Crippen LogP contribution is -2.47. The van der Waals surface area contributed by atoms with Gasteiger partial charge in [0, 0.05) is 18.9 Å². The van der Waals surface area contributed by atoms with Gasteiger partial charge in [0.05, 0.1) is 29.5 Å². The number of hydrogen-bond acceptors (Lipinski definition) is 4. The summed E-state index contributed by atoms with van der Waals surface area (Å²) >= 11 is 0. The second-order valence-electron chi connectivity index (χ2n) is 10.9. The van der Waals surface area contributed by atoms with Crippen LogP contribution in [-0.4, -0.2) is 33.2 Å². The fourth-order valence-electron chi connectivity index (χ4n) is 6.52. The number of fused-ring (bicyclic) bond motifs is 1. The predicted octanol–water partition coefficient (Wildman–Crippen LogP) is 3.80. The van der Waals surface area contributed by atoms with E-state index in [1.165, 1.54) is 38.5 Å². The Morgan fingerprint density at radius 3 is 2.52 bits per heavy atom. The first kappa shape index (κ1) is 21.4. The summed E-state index contributed by atoms with van der Waals surface area (Å²) in [4.78, 5) is 16.8. The van der Waals surface area contributed by atoms with Crippen LogP contribution in [0.1, 0.15) is 62.4 Å². The van der Waals surface area contributed by atoms with Crippen LogP contribution in [0.15, 0.2) is 18.3 Å². The molecule has 1 saturated heterocycles. The van der Waals surface area contributed by atoms with E-state index >= 15 is 0 Å². The Morgan fingerprint density at radius 2 is 1.88 bits per heavy atom. The first-order chi connectivity index (χ1) is 15.7. The van der Waals surface area contributed by atoms with E-state index in [1.807, 2.05) is 6.20 Å². The minimum absolute atomic E-state index is 0.127. The van der Waals surface area contributed by atoms with Crippen molar-refractivity contribution in [2.24, 2.45) is 40.7 Å². The van der Waals surface area contributed by atoms with Crippen LogP contribution < -0.4 is 11.1 Å². The third-order valence-corrected chi connectivity index (χ3v) is 8.69. The number of rotatable bonds is 6. The Labute approximate surface area is 190 Å². The van der Waals surface area contributed by atoms with Gasteiger partial charge in [0.2, 0.25) is 5.91 Å². The maximum atomic E-state index is 13.1. The average Bonchev–Trinajstić information content (AvgIpc) is 3.66. The largest absolute Gasteiger partial charge is 0.393 e. The molecule has 2 aromatic heterocycles. The fraction of sp³-hybridized carbons (Fsp3) is 0.708. The van der Waals surface area contributed by atoms with Crippen molar-refractivity contribution in [3.8, 4) is 0 Å². The molecule has 3 heterocycles. The molecular weight excluding hydrogens is 431 g/mol. The van der Waals surface area contributed by atoms with Gasteiger partial charge in [-0.25, -0.2) is 9.50 Å². The van der Waals surface area contributed by atoms with Gasteiger partial charge in [-0.1, -0.05) is 0 Å². The first-order valence-electron chi connectivity index (χ1n) is 12.2. The standard InChI is InChI=1S/C24H30F3N5O/c25-24(26,27)17-7-13(22(33)29-11-17)8-18-5-6-20-30-19(12-32(20)31-18)21(28)14-9-23(10-14,15-1-2-15)16-3-4-16/h5-6,12-17,21H,1-4,7-11,28H2,(H,29,33)/t13-,17+,21-/m0/s1. The number of nitrogens with zero attached hydrogens (tertiary/aromatic N) is 3. The number of amides is 1. The van der Waals surface area contributed by atoms with Crippen molar-refractivity contribution >= 4 is 11.6 Å². The van der Waals surface area contributed by atoms with E-state index in [2.05, 4.69) is 15.4 Å². The van der Waals surface area contributed by atoms with Crippen molar-refractivity contribution in [3.63, 3.8) is 0 Å². The number of nitrogens with one attached hydrogen (secondary N) is 1. The van der Waals surface area contributed by atoms with Gasteiger partial charge in [-0.2, -0.15) is 18.3 Å². The molecule has 4 fully saturated rings. The lowest BCUT2D eigenvalue weighted by molar-refractivity contribution is -0.183. The van der Waals surface area contributed by atoms with Crippen molar-refractivity contribution in [3.05, 3.63) is 29.7 Å². The van der Waals surface area contributed by atoms with Crippen molar-refractivity contribution in [1.29, 1.82) is 0 Å². The predicted molar refractivity (Wildman–Crippen MR) is 115 cm³/mol. The molecule has 1 amide bonds. The number of hydrogen-bond donors (Lipinski definition) is 2. The summed E-state index contributed by atoms with van der Waals surface area (Å²) in [5, 5.41) is 6.94. The van der Waals surface area contributed by atoms with Crippen LogP contribution in [0.4, 0.5) is 13.2 Å². The van der Waals surface area contributed by atoms with E-state index < -0.39 is 18.0 Å². The summed E-state index contributed by atoms with van der Waals surface area (Å²) in [5.74, 6) is -0.331. The summed E-state index contributed by atoms with van der Waals surface area (Å²) in [6.07, 6.45) is 5.41. The van der Waals surface area contributed by atoms with E-state index in [0.29, 0.717) is 22.7 Å². The van der Waals surface area contributed by atoms with Crippen molar-refractivity contribution < 1.29 is 18.0 Å². The Hall–Kier alpha value is -2.16. The van der Waals surface area contributed by atoms with Gasteiger partial charge >= 0.3 is 6.18 Å². The lowest BCUT2D eigenvalue weighted by atomic mass is 9.54. The minimum Gasteiger partial charge on any atom is -0.355 e. The van der Waals surface area contributed by atoms with Gasteiger partial charge in [-0.05, 0) is 80.2 Å². The minimum atomic E-state index is -4.31. The normalized spacial score (nSPS) is 29.0. The quantitative estimate of drug-likeness (QED) is 0.685. The van der Waals surface area contributed by atoms with Crippen LogP contribution in [0.3, 0.4) is 0 Å². The number of imidazole rings is 1. The molecule has 0 radical (unpaired) electrons. The molecule has 3 saturated carbocycles. The molecule has 0 spiro atoms. The van der Waals surface area contributed by atoms with Gasteiger partial charge in [-0.3, -0.25) is 4.79 Å². The molecule has 1 aliphatic heterocycles.